The Hall–Kier alpha value is -3.02. The zero-order valence-electron chi connectivity index (χ0n) is 15.3. The van der Waals surface area contributed by atoms with Crippen LogP contribution < -0.4 is 15.4 Å². The van der Waals surface area contributed by atoms with Gasteiger partial charge in [0, 0.05) is 16.8 Å². The number of halogens is 2. The number of anilines is 1. The molecule has 5 nitrogen and oxygen atoms in total. The number of para-hydroxylation sites is 1. The van der Waals surface area contributed by atoms with Gasteiger partial charge in [-0.3, -0.25) is 9.59 Å². The van der Waals surface area contributed by atoms with Crippen molar-refractivity contribution >= 4 is 40.7 Å². The number of ether oxygens (including phenoxy) is 1. The van der Waals surface area contributed by atoms with Gasteiger partial charge in [0.25, 0.3) is 11.8 Å². The minimum Gasteiger partial charge on any atom is -0.482 e. The number of carbonyl (C=O) groups is 2. The first kappa shape index (κ1) is 20.7. The molecule has 0 fully saturated rings. The van der Waals surface area contributed by atoms with Gasteiger partial charge in [-0.25, -0.2) is 0 Å². The van der Waals surface area contributed by atoms with Crippen molar-refractivity contribution < 1.29 is 14.3 Å². The van der Waals surface area contributed by atoms with E-state index in [1.165, 1.54) is 6.07 Å². The maximum absolute atomic E-state index is 12.8. The van der Waals surface area contributed by atoms with Gasteiger partial charge in [-0.15, -0.1) is 0 Å². The zero-order valence-corrected chi connectivity index (χ0v) is 16.8. The van der Waals surface area contributed by atoms with Crippen LogP contribution in [0.5, 0.6) is 5.75 Å². The Kier molecular flexibility index (Phi) is 7.11. The van der Waals surface area contributed by atoms with Gasteiger partial charge >= 0.3 is 0 Å². The van der Waals surface area contributed by atoms with Crippen LogP contribution in [-0.4, -0.2) is 18.4 Å². The smallest absolute Gasteiger partial charge is 0.258 e. The van der Waals surface area contributed by atoms with Gasteiger partial charge < -0.3 is 15.4 Å². The Balaban J connectivity index is 1.70. The molecule has 0 aliphatic carbocycles. The highest BCUT2D eigenvalue weighted by Crippen LogP contribution is 2.27. The molecule has 148 valence electrons. The predicted octanol–water partition coefficient (Wildman–Crippen LogP) is 4.87. The van der Waals surface area contributed by atoms with Gasteiger partial charge in [0.2, 0.25) is 0 Å². The lowest BCUT2D eigenvalue weighted by atomic mass is 10.1. The number of rotatable bonds is 7. The van der Waals surface area contributed by atoms with Crippen LogP contribution in [0.3, 0.4) is 0 Å². The average Bonchev–Trinajstić information content (AvgIpc) is 2.74. The second-order valence-electron chi connectivity index (χ2n) is 6.13. The molecule has 3 aromatic rings. The Labute approximate surface area is 178 Å². The number of nitrogens with one attached hydrogen (secondary N) is 2. The van der Waals surface area contributed by atoms with Crippen molar-refractivity contribution in [3.05, 3.63) is 94.5 Å². The maximum atomic E-state index is 12.8. The third kappa shape index (κ3) is 5.98. The highest BCUT2D eigenvalue weighted by atomic mass is 35.5. The normalized spacial score (nSPS) is 11.4. The molecule has 0 aliphatic rings. The van der Waals surface area contributed by atoms with E-state index in [1.807, 2.05) is 24.3 Å². The third-order valence-electron chi connectivity index (χ3n) is 3.99. The Morgan fingerprint density at radius 2 is 1.55 bits per heavy atom. The Morgan fingerprint density at radius 3 is 2.24 bits per heavy atom. The third-order valence-corrected chi connectivity index (χ3v) is 4.54. The molecule has 0 aromatic heterocycles. The van der Waals surface area contributed by atoms with Crippen molar-refractivity contribution in [1.82, 2.24) is 5.32 Å². The fraction of sp³-hybridized carbons (Fsp3) is 0.0909. The van der Waals surface area contributed by atoms with E-state index >= 15 is 0 Å². The molecule has 0 saturated carbocycles. The van der Waals surface area contributed by atoms with E-state index < -0.39 is 11.9 Å². The fourth-order valence-corrected chi connectivity index (χ4v) is 2.95. The maximum Gasteiger partial charge on any atom is 0.258 e. The van der Waals surface area contributed by atoms with Crippen LogP contribution in [0.25, 0.3) is 0 Å². The molecule has 29 heavy (non-hydrogen) atoms. The quantitative estimate of drug-likeness (QED) is 0.563. The van der Waals surface area contributed by atoms with E-state index in [0.717, 1.165) is 0 Å². The monoisotopic (exact) mass is 428 g/mol. The summed E-state index contributed by atoms with van der Waals surface area (Å²) in [5, 5.41) is 6.28. The first-order valence-corrected chi connectivity index (χ1v) is 9.56. The molecule has 0 radical (unpaired) electrons. The van der Waals surface area contributed by atoms with E-state index in [9.17, 15) is 9.59 Å². The Bertz CT molecular complexity index is 982. The predicted molar refractivity (Wildman–Crippen MR) is 114 cm³/mol. The van der Waals surface area contributed by atoms with Gasteiger partial charge in [-0.05, 0) is 29.8 Å². The molecule has 2 N–H and O–H groups in total. The van der Waals surface area contributed by atoms with Gasteiger partial charge in [-0.1, -0.05) is 71.7 Å². The van der Waals surface area contributed by atoms with E-state index in [2.05, 4.69) is 10.6 Å². The highest BCUT2D eigenvalue weighted by molar-refractivity contribution is 6.34. The molecule has 2 amide bonds. The number of hydrogen-bond acceptors (Lipinski definition) is 3. The van der Waals surface area contributed by atoms with E-state index in [-0.39, 0.29) is 12.5 Å². The van der Waals surface area contributed by atoms with Crippen molar-refractivity contribution in [3.8, 4) is 5.75 Å². The largest absolute Gasteiger partial charge is 0.482 e. The summed E-state index contributed by atoms with van der Waals surface area (Å²) in [5.74, 6) is -0.547. The standard InChI is InChI=1S/C22H18Cl2N2O3/c23-16-11-12-18(24)19(13-16)29-14-20(27)26-21(15-7-3-1-4-8-15)22(28)25-17-9-5-2-6-10-17/h1-13,21H,14H2,(H,25,28)(H,26,27). The fourth-order valence-electron chi connectivity index (χ4n) is 2.62. The lowest BCUT2D eigenvalue weighted by molar-refractivity contribution is -0.128. The molecule has 1 unspecified atom stereocenters. The second kappa shape index (κ2) is 9.96. The molecule has 0 spiro atoms. The second-order valence-corrected chi connectivity index (χ2v) is 6.97. The molecular formula is C22H18Cl2N2O3. The highest BCUT2D eigenvalue weighted by Gasteiger charge is 2.23. The summed E-state index contributed by atoms with van der Waals surface area (Å²) in [6, 6.07) is 21.8. The van der Waals surface area contributed by atoms with Crippen molar-refractivity contribution in [2.75, 3.05) is 11.9 Å². The molecular weight excluding hydrogens is 411 g/mol. The topological polar surface area (TPSA) is 67.4 Å². The van der Waals surface area contributed by atoms with Crippen molar-refractivity contribution in [2.45, 2.75) is 6.04 Å². The van der Waals surface area contributed by atoms with Crippen LogP contribution in [0, 0.1) is 0 Å². The number of carbonyl (C=O) groups excluding carboxylic acids is 2. The summed E-state index contributed by atoms with van der Waals surface area (Å²) >= 11 is 12.0. The van der Waals surface area contributed by atoms with Crippen LogP contribution >= 0.6 is 23.2 Å². The summed E-state index contributed by atoms with van der Waals surface area (Å²) in [7, 11) is 0. The SMILES string of the molecule is O=C(COc1cc(Cl)ccc1Cl)NC(C(=O)Nc1ccccc1)c1ccccc1. The molecule has 3 aromatic carbocycles. The zero-order chi connectivity index (χ0) is 20.6. The van der Waals surface area contributed by atoms with Crippen LogP contribution in [-0.2, 0) is 9.59 Å². The van der Waals surface area contributed by atoms with E-state index in [1.54, 1.807) is 48.5 Å². The molecule has 1 atom stereocenters. The number of amides is 2. The summed E-state index contributed by atoms with van der Waals surface area (Å²) < 4.78 is 5.45. The van der Waals surface area contributed by atoms with Crippen LogP contribution in [0.15, 0.2) is 78.9 Å². The number of benzene rings is 3. The molecule has 0 bridgehead atoms. The molecule has 3 rings (SSSR count). The molecule has 0 aliphatic heterocycles. The first-order valence-electron chi connectivity index (χ1n) is 8.81. The van der Waals surface area contributed by atoms with Crippen LogP contribution in [0.2, 0.25) is 10.0 Å². The summed E-state index contributed by atoms with van der Waals surface area (Å²) in [4.78, 5) is 25.3. The number of hydrogen-bond donors (Lipinski definition) is 2. The molecule has 0 saturated heterocycles. The molecule has 0 heterocycles. The van der Waals surface area contributed by atoms with Gasteiger partial charge in [0.05, 0.1) is 5.02 Å². The summed E-state index contributed by atoms with van der Waals surface area (Å²) in [5.41, 5.74) is 1.28. The lowest BCUT2D eigenvalue weighted by Gasteiger charge is -2.19. The first-order chi connectivity index (χ1) is 14.0. The molecule has 7 heteroatoms. The minimum absolute atomic E-state index is 0.291. The van der Waals surface area contributed by atoms with Crippen LogP contribution in [0.4, 0.5) is 5.69 Å². The van der Waals surface area contributed by atoms with E-state index in [0.29, 0.717) is 27.0 Å². The summed E-state index contributed by atoms with van der Waals surface area (Å²) in [6.07, 6.45) is 0. The van der Waals surface area contributed by atoms with Crippen molar-refractivity contribution in [3.63, 3.8) is 0 Å². The van der Waals surface area contributed by atoms with Gasteiger partial charge in [0.15, 0.2) is 6.61 Å². The van der Waals surface area contributed by atoms with Gasteiger partial charge in [-0.2, -0.15) is 0 Å². The lowest BCUT2D eigenvalue weighted by Crippen LogP contribution is -2.39. The van der Waals surface area contributed by atoms with E-state index in [4.69, 9.17) is 27.9 Å². The van der Waals surface area contributed by atoms with Crippen LogP contribution in [0.1, 0.15) is 11.6 Å². The Morgan fingerprint density at radius 1 is 0.897 bits per heavy atom. The minimum atomic E-state index is -0.887. The summed E-state index contributed by atoms with van der Waals surface area (Å²) in [6.45, 7) is -0.317. The average molecular weight is 429 g/mol. The van der Waals surface area contributed by atoms with Crippen molar-refractivity contribution in [1.29, 1.82) is 0 Å². The van der Waals surface area contributed by atoms with Gasteiger partial charge in [0.1, 0.15) is 11.8 Å². The van der Waals surface area contributed by atoms with Crippen molar-refractivity contribution in [2.24, 2.45) is 0 Å².